The number of carbonyl (C=O) groups excluding carboxylic acids is 4. The van der Waals surface area contributed by atoms with Crippen LogP contribution in [0.1, 0.15) is 214 Å². The molecule has 0 bridgehead atoms. The van der Waals surface area contributed by atoms with Crippen LogP contribution < -0.4 is 4.74 Å². The Balaban J connectivity index is 2.65. The van der Waals surface area contributed by atoms with E-state index in [-0.39, 0.29) is 56.3 Å². The van der Waals surface area contributed by atoms with Crippen LogP contribution in [-0.4, -0.2) is 54.4 Å². The van der Waals surface area contributed by atoms with E-state index in [0.717, 1.165) is 103 Å². The van der Waals surface area contributed by atoms with Crippen LogP contribution in [0, 0.1) is 16.0 Å². The molecule has 0 aliphatic rings. The molecule has 0 amide bonds. The highest BCUT2D eigenvalue weighted by atomic mass is 16.7. The standard InChI is InChI=1S/C56H89NO11/c1-5-9-11-13-15-17-19-21-23-25-27-29-31-33-35-37-53(58)64-46-52(47-65-54(59)38-36-34-32-30-28-26-24-22-20-18-16-14-12-10-6-2)66-55(60)44-43-51(45-48(7-3)8-4)68-56(61)67-50-41-39-49(40-42-50)57(62)63/h15-18,21-24,39-42,48,51-52H,5-14,19-20,25-38,43-47H2,1-4H3/b17-15-,18-16-,23-21-,24-22-. The summed E-state index contributed by atoms with van der Waals surface area (Å²) in [5.74, 6) is -1.13. The number of rotatable bonds is 43. The Morgan fingerprint density at radius 3 is 1.41 bits per heavy atom. The zero-order valence-corrected chi connectivity index (χ0v) is 42.5. The van der Waals surface area contributed by atoms with Gasteiger partial charge in [-0.1, -0.05) is 153 Å². The fraction of sp³-hybridized carbons (Fsp3) is 0.679. The Hall–Kier alpha value is -4.74. The van der Waals surface area contributed by atoms with Crippen LogP contribution in [0.2, 0.25) is 0 Å². The molecule has 0 aromatic heterocycles. The number of hydrogen-bond acceptors (Lipinski definition) is 11. The maximum Gasteiger partial charge on any atom is 0.514 e. The van der Waals surface area contributed by atoms with Crippen molar-refractivity contribution in [3.8, 4) is 5.75 Å². The van der Waals surface area contributed by atoms with Gasteiger partial charge in [-0.25, -0.2) is 4.79 Å². The molecule has 384 valence electrons. The van der Waals surface area contributed by atoms with Crippen LogP contribution in [0.3, 0.4) is 0 Å². The summed E-state index contributed by atoms with van der Waals surface area (Å²) in [5.41, 5.74) is -0.146. The molecular formula is C56H89NO11. The minimum atomic E-state index is -1.00. The zero-order chi connectivity index (χ0) is 49.7. The second kappa shape index (κ2) is 43.5. The third-order valence-corrected chi connectivity index (χ3v) is 11.8. The number of non-ortho nitro benzene ring substituents is 1. The van der Waals surface area contributed by atoms with Crippen LogP contribution in [0.15, 0.2) is 72.9 Å². The van der Waals surface area contributed by atoms with E-state index in [4.69, 9.17) is 23.7 Å². The maximum atomic E-state index is 13.2. The molecule has 12 nitrogen and oxygen atoms in total. The van der Waals surface area contributed by atoms with Gasteiger partial charge < -0.3 is 23.7 Å². The molecule has 0 saturated carbocycles. The molecule has 0 aliphatic carbocycles. The van der Waals surface area contributed by atoms with E-state index >= 15 is 0 Å². The lowest BCUT2D eigenvalue weighted by Crippen LogP contribution is -2.31. The number of hydrogen-bond donors (Lipinski definition) is 0. The summed E-state index contributed by atoms with van der Waals surface area (Å²) in [5, 5.41) is 11.0. The van der Waals surface area contributed by atoms with Crippen LogP contribution in [-0.2, 0) is 33.3 Å². The molecule has 0 fully saturated rings. The highest BCUT2D eigenvalue weighted by Crippen LogP contribution is 2.23. The van der Waals surface area contributed by atoms with Gasteiger partial charge >= 0.3 is 24.1 Å². The molecule has 0 heterocycles. The molecule has 1 unspecified atom stereocenters. The second-order valence-electron chi connectivity index (χ2n) is 17.7. The molecule has 0 aliphatic heterocycles. The molecule has 68 heavy (non-hydrogen) atoms. The predicted octanol–water partition coefficient (Wildman–Crippen LogP) is 15.7. The lowest BCUT2D eigenvalue weighted by Gasteiger charge is -2.22. The third kappa shape index (κ3) is 36.3. The van der Waals surface area contributed by atoms with E-state index in [9.17, 15) is 29.3 Å². The first-order chi connectivity index (χ1) is 33.1. The number of nitro benzene ring substituents is 1. The summed E-state index contributed by atoms with van der Waals surface area (Å²) in [6.07, 6.45) is 41.6. The van der Waals surface area contributed by atoms with E-state index in [1.54, 1.807) is 0 Å². The van der Waals surface area contributed by atoms with Crippen molar-refractivity contribution in [3.63, 3.8) is 0 Å². The summed E-state index contributed by atoms with van der Waals surface area (Å²) >= 11 is 0. The van der Waals surface area contributed by atoms with Crippen molar-refractivity contribution >= 4 is 29.8 Å². The number of nitro groups is 1. The highest BCUT2D eigenvalue weighted by molar-refractivity contribution is 5.71. The quantitative estimate of drug-likeness (QED) is 0.0117. The SMILES string of the molecule is CCCCC/C=C\C/C=C\CCCCCCCC(=O)OCC(COC(=O)CCCCCCC/C=C\C/C=C\CCCCC)OC(=O)CCC(CC(CC)CC)OC(=O)Oc1ccc([N+](=O)[O-])cc1. The Morgan fingerprint density at radius 1 is 0.529 bits per heavy atom. The van der Waals surface area contributed by atoms with Gasteiger partial charge in [0.15, 0.2) is 6.10 Å². The summed E-state index contributed by atoms with van der Waals surface area (Å²) in [7, 11) is 0. The number of unbranched alkanes of at least 4 members (excludes halogenated alkanes) is 16. The van der Waals surface area contributed by atoms with Gasteiger partial charge in [0.2, 0.25) is 0 Å². The maximum absolute atomic E-state index is 13.2. The molecule has 1 atom stereocenters. The predicted molar refractivity (Wildman–Crippen MR) is 272 cm³/mol. The lowest BCUT2D eigenvalue weighted by atomic mass is 9.94. The van der Waals surface area contributed by atoms with Crippen LogP contribution in [0.4, 0.5) is 10.5 Å². The van der Waals surface area contributed by atoms with Gasteiger partial charge in [-0.2, -0.15) is 0 Å². The largest absolute Gasteiger partial charge is 0.514 e. The van der Waals surface area contributed by atoms with Crippen molar-refractivity contribution in [2.45, 2.75) is 226 Å². The fourth-order valence-electron chi connectivity index (χ4n) is 7.43. The smallest absolute Gasteiger partial charge is 0.462 e. The van der Waals surface area contributed by atoms with Crippen molar-refractivity contribution in [3.05, 3.63) is 83.0 Å². The van der Waals surface area contributed by atoms with Crippen LogP contribution >= 0.6 is 0 Å². The van der Waals surface area contributed by atoms with Gasteiger partial charge in [-0.3, -0.25) is 24.5 Å². The second-order valence-corrected chi connectivity index (χ2v) is 17.7. The van der Waals surface area contributed by atoms with E-state index in [1.165, 1.54) is 62.8 Å². The first kappa shape index (κ1) is 61.3. The molecule has 0 N–H and O–H groups in total. The first-order valence-corrected chi connectivity index (χ1v) is 26.3. The third-order valence-electron chi connectivity index (χ3n) is 11.8. The summed E-state index contributed by atoms with van der Waals surface area (Å²) < 4.78 is 27.7. The van der Waals surface area contributed by atoms with Crippen molar-refractivity contribution in [2.75, 3.05) is 13.2 Å². The van der Waals surface area contributed by atoms with Crippen molar-refractivity contribution in [1.29, 1.82) is 0 Å². The fourth-order valence-corrected chi connectivity index (χ4v) is 7.43. The van der Waals surface area contributed by atoms with Crippen molar-refractivity contribution < 1.29 is 47.8 Å². The topological polar surface area (TPSA) is 158 Å². The Bertz CT molecular complexity index is 1520. The molecule has 0 saturated heterocycles. The molecule has 0 spiro atoms. The summed E-state index contributed by atoms with van der Waals surface area (Å²) in [6, 6.07) is 5.06. The van der Waals surface area contributed by atoms with Gasteiger partial charge in [-0.05, 0) is 108 Å². The Morgan fingerprint density at radius 2 is 0.971 bits per heavy atom. The molecule has 1 aromatic rings. The molecule has 1 rings (SSSR count). The van der Waals surface area contributed by atoms with Gasteiger partial charge in [-0.15, -0.1) is 0 Å². The normalized spacial score (nSPS) is 12.2. The van der Waals surface area contributed by atoms with Gasteiger partial charge in [0.05, 0.1) is 4.92 Å². The molecule has 12 heteroatoms. The average Bonchev–Trinajstić information content (AvgIpc) is 3.33. The summed E-state index contributed by atoms with van der Waals surface area (Å²) in [4.78, 5) is 62.0. The number of nitrogens with zero attached hydrogens (tertiary/aromatic N) is 1. The average molecular weight is 952 g/mol. The van der Waals surface area contributed by atoms with E-state index < -0.39 is 41.2 Å². The monoisotopic (exact) mass is 952 g/mol. The highest BCUT2D eigenvalue weighted by Gasteiger charge is 2.24. The van der Waals surface area contributed by atoms with Crippen LogP contribution in [0.5, 0.6) is 5.75 Å². The minimum Gasteiger partial charge on any atom is -0.462 e. The van der Waals surface area contributed by atoms with Crippen molar-refractivity contribution in [2.24, 2.45) is 5.92 Å². The molecule has 0 radical (unpaired) electrons. The first-order valence-electron chi connectivity index (χ1n) is 26.3. The number of carbonyl (C=O) groups is 4. The molecular weight excluding hydrogens is 863 g/mol. The Kier molecular flexibility index (Phi) is 39.2. The number of benzene rings is 1. The van der Waals surface area contributed by atoms with Crippen LogP contribution in [0.25, 0.3) is 0 Å². The zero-order valence-electron chi connectivity index (χ0n) is 42.5. The van der Waals surface area contributed by atoms with E-state index in [2.05, 4.69) is 62.5 Å². The number of ether oxygens (including phenoxy) is 5. The van der Waals surface area contributed by atoms with Gasteiger partial charge in [0.25, 0.3) is 5.69 Å². The number of esters is 3. The minimum absolute atomic E-state index is 0.0825. The van der Waals surface area contributed by atoms with Crippen molar-refractivity contribution in [1.82, 2.24) is 0 Å². The summed E-state index contributed by atoms with van der Waals surface area (Å²) in [6.45, 7) is 8.00. The Labute approximate surface area is 410 Å². The molecule has 1 aromatic carbocycles. The lowest BCUT2D eigenvalue weighted by molar-refractivity contribution is -0.384. The van der Waals surface area contributed by atoms with E-state index in [0.29, 0.717) is 19.3 Å². The van der Waals surface area contributed by atoms with E-state index in [1.807, 2.05) is 13.8 Å². The number of allylic oxidation sites excluding steroid dienone is 8. The van der Waals surface area contributed by atoms with Gasteiger partial charge in [0.1, 0.15) is 25.1 Å². The van der Waals surface area contributed by atoms with Gasteiger partial charge in [0, 0.05) is 31.4 Å².